The number of carbonyl (C=O) groups is 1. The van der Waals surface area contributed by atoms with Crippen molar-refractivity contribution < 1.29 is 9.53 Å². The van der Waals surface area contributed by atoms with Gasteiger partial charge in [0.25, 0.3) is 5.91 Å². The number of aromatic nitrogens is 2. The first-order valence-electron chi connectivity index (χ1n) is 6.85. The minimum absolute atomic E-state index is 0.172. The van der Waals surface area contributed by atoms with E-state index in [0.29, 0.717) is 24.5 Å². The zero-order valence-electron chi connectivity index (χ0n) is 12.2. The summed E-state index contributed by atoms with van der Waals surface area (Å²) in [6, 6.07) is 6.82. The van der Waals surface area contributed by atoms with Crippen LogP contribution in [-0.4, -0.2) is 29.0 Å². The highest BCUT2D eigenvalue weighted by Gasteiger charge is 2.14. The van der Waals surface area contributed by atoms with Crippen molar-refractivity contribution in [1.29, 1.82) is 0 Å². The maximum Gasteiger partial charge on any atom is 0.251 e. The van der Waals surface area contributed by atoms with Gasteiger partial charge in [-0.25, -0.2) is 4.98 Å². The maximum atomic E-state index is 12.2. The van der Waals surface area contributed by atoms with E-state index in [9.17, 15) is 4.79 Å². The lowest BCUT2D eigenvalue weighted by Crippen LogP contribution is -2.27. The number of hydrogen-bond donors (Lipinski definition) is 3. The number of nitrogens with two attached hydrogens (primary N) is 1. The molecule has 1 amide bonds. The summed E-state index contributed by atoms with van der Waals surface area (Å²) in [6.45, 7) is 4.66. The van der Waals surface area contributed by atoms with Crippen LogP contribution in [0.4, 0.5) is 0 Å². The van der Waals surface area contributed by atoms with Gasteiger partial charge in [0, 0.05) is 24.0 Å². The first-order valence-corrected chi connectivity index (χ1v) is 6.85. The first-order chi connectivity index (χ1) is 10.1. The van der Waals surface area contributed by atoms with Crippen LogP contribution in [0.25, 0.3) is 0 Å². The number of nitrogens with one attached hydrogen (secondary N) is 2. The zero-order chi connectivity index (χ0) is 15.2. The monoisotopic (exact) mass is 288 g/mol. The number of nitrogens with zero attached hydrogens (tertiary/aromatic N) is 1. The average Bonchev–Trinajstić information content (AvgIpc) is 2.92. The van der Waals surface area contributed by atoms with E-state index in [2.05, 4.69) is 15.3 Å². The Bertz CT molecular complexity index is 609. The Hall–Kier alpha value is -2.34. The number of aryl methyl sites for hydroxylation is 1. The number of benzene rings is 1. The van der Waals surface area contributed by atoms with Crippen LogP contribution in [0.1, 0.15) is 34.8 Å². The third kappa shape index (κ3) is 4.06. The second kappa shape index (κ2) is 6.90. The molecule has 0 saturated heterocycles. The molecule has 0 spiro atoms. The minimum Gasteiger partial charge on any atom is -0.492 e. The van der Waals surface area contributed by atoms with Crippen LogP contribution in [0.2, 0.25) is 0 Å². The number of aromatic amines is 1. The molecule has 112 valence electrons. The first kappa shape index (κ1) is 15.1. The van der Waals surface area contributed by atoms with Crippen molar-refractivity contribution in [3.63, 3.8) is 0 Å². The Morgan fingerprint density at radius 1 is 1.52 bits per heavy atom. The van der Waals surface area contributed by atoms with Crippen LogP contribution in [0, 0.1) is 6.92 Å². The number of amides is 1. The lowest BCUT2D eigenvalue weighted by molar-refractivity contribution is 0.0938. The molecule has 0 aliphatic rings. The van der Waals surface area contributed by atoms with Crippen LogP contribution in [0.5, 0.6) is 5.75 Å². The van der Waals surface area contributed by atoms with Crippen molar-refractivity contribution in [3.05, 3.63) is 47.5 Å². The molecule has 0 bridgehead atoms. The van der Waals surface area contributed by atoms with E-state index in [1.807, 2.05) is 13.8 Å². The molecular weight excluding hydrogens is 268 g/mol. The lowest BCUT2D eigenvalue weighted by Gasteiger charge is -2.12. The van der Waals surface area contributed by atoms with Gasteiger partial charge in [-0.3, -0.25) is 4.79 Å². The highest BCUT2D eigenvalue weighted by molar-refractivity contribution is 5.94. The lowest BCUT2D eigenvalue weighted by atomic mass is 10.2. The smallest absolute Gasteiger partial charge is 0.251 e. The fourth-order valence-electron chi connectivity index (χ4n) is 1.91. The molecule has 0 aliphatic carbocycles. The van der Waals surface area contributed by atoms with Gasteiger partial charge in [-0.1, -0.05) is 6.07 Å². The van der Waals surface area contributed by atoms with Crippen LogP contribution in [0.15, 0.2) is 30.5 Å². The number of carbonyl (C=O) groups excluding carboxylic acids is 1. The molecule has 1 atom stereocenters. The number of rotatable bonds is 6. The summed E-state index contributed by atoms with van der Waals surface area (Å²) in [6.07, 6.45) is 1.74. The van der Waals surface area contributed by atoms with Gasteiger partial charge in [0.2, 0.25) is 0 Å². The Morgan fingerprint density at radius 3 is 3.00 bits per heavy atom. The van der Waals surface area contributed by atoms with Gasteiger partial charge in [-0.2, -0.15) is 0 Å². The van der Waals surface area contributed by atoms with E-state index < -0.39 is 0 Å². The van der Waals surface area contributed by atoms with E-state index in [0.717, 1.165) is 11.5 Å². The number of imidazole rings is 1. The van der Waals surface area contributed by atoms with Gasteiger partial charge in [0.05, 0.1) is 6.04 Å². The van der Waals surface area contributed by atoms with Crippen LogP contribution in [-0.2, 0) is 0 Å². The fraction of sp³-hybridized carbons (Fsp3) is 0.333. The highest BCUT2D eigenvalue weighted by atomic mass is 16.5. The predicted molar refractivity (Wildman–Crippen MR) is 80.2 cm³/mol. The van der Waals surface area contributed by atoms with Crippen molar-refractivity contribution in [2.45, 2.75) is 19.9 Å². The van der Waals surface area contributed by atoms with Crippen molar-refractivity contribution in [2.24, 2.45) is 5.73 Å². The Kier molecular flexibility index (Phi) is 4.94. The average molecular weight is 288 g/mol. The predicted octanol–water partition coefficient (Wildman–Crippen LogP) is 1.55. The van der Waals surface area contributed by atoms with Crippen LogP contribution >= 0.6 is 0 Å². The van der Waals surface area contributed by atoms with Gasteiger partial charge in [-0.15, -0.1) is 0 Å². The molecule has 2 aromatic rings. The molecule has 0 radical (unpaired) electrons. The molecule has 4 N–H and O–H groups in total. The van der Waals surface area contributed by atoms with Gasteiger partial charge < -0.3 is 20.8 Å². The summed E-state index contributed by atoms with van der Waals surface area (Å²) in [5, 5.41) is 2.90. The SMILES string of the molecule is Cc1cnc([C@@H](C)NC(=O)c2cccc(OCCN)c2)[nH]1. The summed E-state index contributed by atoms with van der Waals surface area (Å²) < 4.78 is 5.42. The Morgan fingerprint density at radius 2 is 2.33 bits per heavy atom. The summed E-state index contributed by atoms with van der Waals surface area (Å²) in [5.74, 6) is 1.20. The van der Waals surface area contributed by atoms with Crippen molar-refractivity contribution >= 4 is 5.91 Å². The number of H-pyrrole nitrogens is 1. The summed E-state index contributed by atoms with van der Waals surface area (Å²) >= 11 is 0. The summed E-state index contributed by atoms with van der Waals surface area (Å²) in [7, 11) is 0. The number of ether oxygens (including phenoxy) is 1. The van der Waals surface area contributed by atoms with E-state index in [-0.39, 0.29) is 11.9 Å². The summed E-state index contributed by atoms with van der Waals surface area (Å²) in [4.78, 5) is 19.5. The van der Waals surface area contributed by atoms with Gasteiger partial charge in [-0.05, 0) is 32.0 Å². The third-order valence-electron chi connectivity index (χ3n) is 2.96. The normalized spacial score (nSPS) is 12.0. The van der Waals surface area contributed by atoms with Crippen molar-refractivity contribution in [1.82, 2.24) is 15.3 Å². The molecule has 6 nitrogen and oxygen atoms in total. The second-order valence-corrected chi connectivity index (χ2v) is 4.81. The maximum absolute atomic E-state index is 12.2. The molecule has 1 aromatic heterocycles. The molecule has 0 unspecified atom stereocenters. The molecule has 6 heteroatoms. The van der Waals surface area contributed by atoms with Crippen LogP contribution < -0.4 is 15.8 Å². The zero-order valence-corrected chi connectivity index (χ0v) is 12.2. The van der Waals surface area contributed by atoms with E-state index in [4.69, 9.17) is 10.5 Å². The molecule has 0 fully saturated rings. The van der Waals surface area contributed by atoms with Gasteiger partial charge in [0.1, 0.15) is 18.2 Å². The topological polar surface area (TPSA) is 93.0 Å². The molecule has 0 aliphatic heterocycles. The molecule has 1 heterocycles. The summed E-state index contributed by atoms with van der Waals surface area (Å²) in [5.41, 5.74) is 6.89. The second-order valence-electron chi connectivity index (χ2n) is 4.81. The quantitative estimate of drug-likeness (QED) is 0.751. The van der Waals surface area contributed by atoms with Gasteiger partial charge in [0.15, 0.2) is 0 Å². The largest absolute Gasteiger partial charge is 0.492 e. The number of hydrogen-bond acceptors (Lipinski definition) is 4. The molecular formula is C15H20N4O2. The van der Waals surface area contributed by atoms with Crippen molar-refractivity contribution in [2.75, 3.05) is 13.2 Å². The molecule has 0 saturated carbocycles. The van der Waals surface area contributed by atoms with Gasteiger partial charge >= 0.3 is 0 Å². The van der Waals surface area contributed by atoms with Crippen molar-refractivity contribution in [3.8, 4) is 5.75 Å². The Labute approximate surface area is 123 Å². The minimum atomic E-state index is -0.195. The molecule has 21 heavy (non-hydrogen) atoms. The van der Waals surface area contributed by atoms with E-state index >= 15 is 0 Å². The van der Waals surface area contributed by atoms with E-state index in [1.54, 1.807) is 30.5 Å². The third-order valence-corrected chi connectivity index (χ3v) is 2.96. The van der Waals surface area contributed by atoms with Crippen LogP contribution in [0.3, 0.4) is 0 Å². The molecule has 1 aromatic carbocycles. The standard InChI is InChI=1S/C15H20N4O2/c1-10-9-17-14(18-10)11(2)19-15(20)12-4-3-5-13(8-12)21-7-6-16/h3-5,8-9,11H,6-7,16H2,1-2H3,(H,17,18)(H,19,20)/t11-/m1/s1. The van der Waals surface area contributed by atoms with E-state index in [1.165, 1.54) is 0 Å². The highest BCUT2D eigenvalue weighted by Crippen LogP contribution is 2.15. The fourth-order valence-corrected chi connectivity index (χ4v) is 1.91. The Balaban J connectivity index is 2.02. The molecule has 2 rings (SSSR count).